The molecule has 1 aromatic carbocycles. The number of hydrogen-bond acceptors (Lipinski definition) is 3. The molecule has 17 heavy (non-hydrogen) atoms. The van der Waals surface area contributed by atoms with Crippen molar-refractivity contribution in [2.24, 2.45) is 0 Å². The van der Waals surface area contributed by atoms with E-state index < -0.39 is 17.5 Å². The molecule has 0 atom stereocenters. The highest BCUT2D eigenvalue weighted by Crippen LogP contribution is 2.37. The third kappa shape index (κ3) is 2.30. The Labute approximate surface area is 96.8 Å². The summed E-state index contributed by atoms with van der Waals surface area (Å²) in [5.41, 5.74) is -0.149. The molecule has 0 fully saturated rings. The van der Waals surface area contributed by atoms with Gasteiger partial charge in [-0.15, -0.1) is 0 Å². The van der Waals surface area contributed by atoms with Crippen molar-refractivity contribution in [2.75, 3.05) is 14.2 Å². The van der Waals surface area contributed by atoms with Crippen LogP contribution < -0.4 is 9.47 Å². The average Bonchev–Trinajstić information content (AvgIpc) is 2.28. The molecule has 0 saturated heterocycles. The zero-order valence-electron chi connectivity index (χ0n) is 9.58. The molecule has 1 aromatic rings. The molecule has 0 unspecified atom stereocenters. The lowest BCUT2D eigenvalue weighted by Gasteiger charge is -2.16. The largest absolute Gasteiger partial charge is 0.496 e. The third-order valence-corrected chi connectivity index (χ3v) is 2.38. The Kier molecular flexibility index (Phi) is 3.55. The summed E-state index contributed by atoms with van der Waals surface area (Å²) in [7, 11) is 2.62. The Morgan fingerprint density at radius 3 is 1.94 bits per heavy atom. The van der Waals surface area contributed by atoms with E-state index in [4.69, 9.17) is 14.6 Å². The van der Waals surface area contributed by atoms with Crippen LogP contribution in [0.3, 0.4) is 0 Å². The van der Waals surface area contributed by atoms with Crippen molar-refractivity contribution in [1.82, 2.24) is 0 Å². The van der Waals surface area contributed by atoms with Crippen molar-refractivity contribution in [3.05, 3.63) is 23.3 Å². The van der Waals surface area contributed by atoms with Crippen molar-refractivity contribution in [3.8, 4) is 11.5 Å². The van der Waals surface area contributed by atoms with Gasteiger partial charge in [0.2, 0.25) is 0 Å². The summed E-state index contributed by atoms with van der Waals surface area (Å²) in [6.07, 6.45) is 0. The Balaban J connectivity index is 3.41. The first-order chi connectivity index (χ1) is 7.84. The molecule has 0 saturated carbocycles. The number of rotatable bonds is 4. The number of methoxy groups -OCH3 is 2. The first-order valence-electron chi connectivity index (χ1n) is 4.69. The number of benzene rings is 1. The zero-order chi connectivity index (χ0) is 13.2. The van der Waals surface area contributed by atoms with Crippen LogP contribution in [0.25, 0.3) is 0 Å². The van der Waals surface area contributed by atoms with Gasteiger partial charge in [0.25, 0.3) is 0 Å². The molecule has 0 radical (unpaired) electrons. The quantitative estimate of drug-likeness (QED) is 0.884. The van der Waals surface area contributed by atoms with Gasteiger partial charge >= 0.3 is 11.9 Å². The molecule has 1 rings (SSSR count). The molecule has 4 nitrogen and oxygen atoms in total. The van der Waals surface area contributed by atoms with Gasteiger partial charge in [-0.05, 0) is 19.1 Å². The fourth-order valence-electron chi connectivity index (χ4n) is 1.39. The number of ether oxygens (including phenoxy) is 2. The molecule has 1 N–H and O–H groups in total. The van der Waals surface area contributed by atoms with E-state index in [0.717, 1.165) is 12.1 Å². The lowest BCUT2D eigenvalue weighted by atomic mass is 10.0. The minimum Gasteiger partial charge on any atom is -0.496 e. The van der Waals surface area contributed by atoms with Gasteiger partial charge in [0, 0.05) is 11.1 Å². The van der Waals surface area contributed by atoms with Crippen LogP contribution in [0.4, 0.5) is 8.78 Å². The molecular formula is C11H12F2O4. The number of carboxylic acid groups (broad SMARTS) is 1. The van der Waals surface area contributed by atoms with Gasteiger partial charge in [0.1, 0.15) is 11.5 Å². The molecule has 6 heteroatoms. The van der Waals surface area contributed by atoms with Crippen LogP contribution in [0.15, 0.2) is 12.1 Å². The van der Waals surface area contributed by atoms with Crippen LogP contribution >= 0.6 is 0 Å². The van der Waals surface area contributed by atoms with E-state index in [1.54, 1.807) is 6.92 Å². The average molecular weight is 246 g/mol. The second-order valence-electron chi connectivity index (χ2n) is 3.39. The minimum atomic E-state index is -3.98. The topological polar surface area (TPSA) is 55.8 Å². The van der Waals surface area contributed by atoms with Gasteiger partial charge in [0.15, 0.2) is 0 Å². The monoisotopic (exact) mass is 246 g/mol. The Morgan fingerprint density at radius 2 is 1.65 bits per heavy atom. The summed E-state index contributed by atoms with van der Waals surface area (Å²) >= 11 is 0. The molecule has 0 aliphatic heterocycles. The Hall–Kier alpha value is -1.85. The summed E-state index contributed by atoms with van der Waals surface area (Å²) < 4.78 is 36.5. The lowest BCUT2D eigenvalue weighted by molar-refractivity contribution is -0.166. The summed E-state index contributed by atoms with van der Waals surface area (Å²) in [4.78, 5) is 10.5. The Bertz CT molecular complexity index is 418. The number of carboxylic acids is 1. The van der Waals surface area contributed by atoms with Crippen LogP contribution in [0.2, 0.25) is 0 Å². The summed E-state index contributed by atoms with van der Waals surface area (Å²) in [5.74, 6) is -5.89. The highest BCUT2D eigenvalue weighted by molar-refractivity contribution is 5.78. The van der Waals surface area contributed by atoms with Gasteiger partial charge in [-0.3, -0.25) is 0 Å². The smallest absolute Gasteiger partial charge is 0.379 e. The van der Waals surface area contributed by atoms with Crippen molar-refractivity contribution >= 4 is 5.97 Å². The second kappa shape index (κ2) is 4.57. The maximum Gasteiger partial charge on any atom is 0.379 e. The van der Waals surface area contributed by atoms with Crippen LogP contribution in [0, 0.1) is 6.92 Å². The predicted octanol–water partition coefficient (Wildman–Crippen LogP) is 2.19. The van der Waals surface area contributed by atoms with Gasteiger partial charge in [-0.1, -0.05) is 0 Å². The number of hydrogen-bond donors (Lipinski definition) is 1. The lowest BCUT2D eigenvalue weighted by Crippen LogP contribution is -2.25. The van der Waals surface area contributed by atoms with E-state index in [9.17, 15) is 13.6 Å². The highest BCUT2D eigenvalue weighted by Gasteiger charge is 2.42. The molecule has 0 aliphatic rings. The van der Waals surface area contributed by atoms with Crippen LogP contribution in [0.5, 0.6) is 11.5 Å². The summed E-state index contributed by atoms with van der Waals surface area (Å²) in [5, 5.41) is 8.46. The summed E-state index contributed by atoms with van der Waals surface area (Å²) in [6, 6.07) is 1.98. The van der Waals surface area contributed by atoms with E-state index in [1.807, 2.05) is 0 Å². The molecule has 0 aromatic heterocycles. The first kappa shape index (κ1) is 13.2. The van der Waals surface area contributed by atoms with Gasteiger partial charge < -0.3 is 14.6 Å². The molecule has 0 heterocycles. The summed E-state index contributed by atoms with van der Waals surface area (Å²) in [6.45, 7) is 1.63. The predicted molar refractivity (Wildman–Crippen MR) is 55.8 cm³/mol. The Morgan fingerprint density at radius 1 is 1.24 bits per heavy atom. The van der Waals surface area contributed by atoms with E-state index in [0.29, 0.717) is 5.56 Å². The second-order valence-corrected chi connectivity index (χ2v) is 3.39. The van der Waals surface area contributed by atoms with Crippen molar-refractivity contribution in [2.45, 2.75) is 12.8 Å². The van der Waals surface area contributed by atoms with E-state index in [2.05, 4.69) is 0 Å². The van der Waals surface area contributed by atoms with Crippen molar-refractivity contribution in [3.63, 3.8) is 0 Å². The molecule has 0 aliphatic carbocycles. The van der Waals surface area contributed by atoms with Crippen LogP contribution in [-0.4, -0.2) is 25.3 Å². The SMILES string of the molecule is COc1cc(C(F)(F)C(=O)O)cc(OC)c1C. The molecule has 0 bridgehead atoms. The van der Waals surface area contributed by atoms with Crippen LogP contribution in [0.1, 0.15) is 11.1 Å². The van der Waals surface area contributed by atoms with Crippen LogP contribution in [-0.2, 0) is 10.7 Å². The fourth-order valence-corrected chi connectivity index (χ4v) is 1.39. The molecular weight excluding hydrogens is 234 g/mol. The third-order valence-electron chi connectivity index (χ3n) is 2.38. The normalized spacial score (nSPS) is 11.1. The van der Waals surface area contributed by atoms with E-state index in [-0.39, 0.29) is 11.5 Å². The van der Waals surface area contributed by atoms with Gasteiger partial charge in [-0.25, -0.2) is 4.79 Å². The fraction of sp³-hybridized carbons (Fsp3) is 0.364. The molecule has 0 spiro atoms. The first-order valence-corrected chi connectivity index (χ1v) is 4.69. The van der Waals surface area contributed by atoms with Gasteiger partial charge in [0.05, 0.1) is 14.2 Å². The van der Waals surface area contributed by atoms with Gasteiger partial charge in [-0.2, -0.15) is 8.78 Å². The maximum atomic E-state index is 13.3. The van der Waals surface area contributed by atoms with E-state index >= 15 is 0 Å². The van der Waals surface area contributed by atoms with E-state index in [1.165, 1.54) is 14.2 Å². The molecule has 94 valence electrons. The van der Waals surface area contributed by atoms with Crippen molar-refractivity contribution in [1.29, 1.82) is 0 Å². The number of halogens is 2. The number of alkyl halides is 2. The molecule has 0 amide bonds. The minimum absolute atomic E-state index is 0.153. The van der Waals surface area contributed by atoms with Crippen molar-refractivity contribution < 1.29 is 28.2 Å². The zero-order valence-corrected chi connectivity index (χ0v) is 9.58. The number of aliphatic carboxylic acids is 1. The highest BCUT2D eigenvalue weighted by atomic mass is 19.3. The maximum absolute atomic E-state index is 13.3. The standard InChI is InChI=1S/C11H12F2O4/c1-6-8(16-2)4-7(5-9(6)17-3)11(12,13)10(14)15/h4-5H,1-3H3,(H,14,15). The number of carbonyl (C=O) groups is 1.